The predicted octanol–water partition coefficient (Wildman–Crippen LogP) is 1.74. The molecule has 0 heterocycles. The van der Waals surface area contributed by atoms with Crippen LogP contribution in [-0.4, -0.2) is 4.92 Å². The summed E-state index contributed by atoms with van der Waals surface area (Å²) in [5, 5.41) is 18.4. The van der Waals surface area contributed by atoms with E-state index in [9.17, 15) is 18.9 Å². The average molecular weight is 184 g/mol. The summed E-state index contributed by atoms with van der Waals surface area (Å²) in [4.78, 5) is 9.05. The number of nitriles is 1. The fourth-order valence-corrected chi connectivity index (χ4v) is 0.772. The van der Waals surface area contributed by atoms with Crippen LogP contribution in [0.4, 0.5) is 14.5 Å². The lowest BCUT2D eigenvalue weighted by atomic mass is 10.2. The maximum absolute atomic E-state index is 12.6. The molecule has 0 aliphatic heterocycles. The molecule has 0 fully saturated rings. The highest BCUT2D eigenvalue weighted by Gasteiger charge is 2.19. The number of benzene rings is 1. The predicted molar refractivity (Wildman–Crippen MR) is 37.7 cm³/mol. The smallest absolute Gasteiger partial charge is 0.258 e. The monoisotopic (exact) mass is 184 g/mol. The van der Waals surface area contributed by atoms with E-state index < -0.39 is 22.2 Å². The molecule has 0 aromatic heterocycles. The molecule has 0 aliphatic carbocycles. The van der Waals surface area contributed by atoms with Crippen LogP contribution in [0.1, 0.15) is 5.56 Å². The Morgan fingerprint density at radius 3 is 2.54 bits per heavy atom. The zero-order valence-corrected chi connectivity index (χ0v) is 6.12. The van der Waals surface area contributed by atoms with Crippen molar-refractivity contribution in [1.29, 1.82) is 5.26 Å². The fraction of sp³-hybridized carbons (Fsp3) is 0. The minimum Gasteiger partial charge on any atom is -0.258 e. The van der Waals surface area contributed by atoms with E-state index in [1.54, 1.807) is 0 Å². The van der Waals surface area contributed by atoms with Crippen molar-refractivity contribution >= 4 is 5.69 Å². The highest BCUT2D eigenvalue weighted by atomic mass is 19.2. The Morgan fingerprint density at radius 2 is 2.08 bits per heavy atom. The third kappa shape index (κ3) is 1.59. The average Bonchev–Trinajstić information content (AvgIpc) is 2.09. The van der Waals surface area contributed by atoms with Crippen LogP contribution >= 0.6 is 0 Å². The molecule has 0 amide bonds. The molecule has 0 aliphatic rings. The van der Waals surface area contributed by atoms with Gasteiger partial charge in [-0.3, -0.25) is 10.1 Å². The third-order valence-electron chi connectivity index (χ3n) is 1.33. The highest BCUT2D eigenvalue weighted by molar-refractivity contribution is 5.42. The lowest BCUT2D eigenvalue weighted by Crippen LogP contribution is -1.96. The van der Waals surface area contributed by atoms with Crippen LogP contribution in [0.15, 0.2) is 12.1 Å². The molecule has 0 bridgehead atoms. The van der Waals surface area contributed by atoms with Crippen LogP contribution in [0.2, 0.25) is 0 Å². The SMILES string of the molecule is N#Cc1cc(F)c(F)c([N+](=O)[O-])c1. The number of nitrogens with zero attached hydrogens (tertiary/aromatic N) is 2. The van der Waals surface area contributed by atoms with Crippen molar-refractivity contribution in [2.45, 2.75) is 0 Å². The minimum absolute atomic E-state index is 0.286. The molecule has 0 radical (unpaired) electrons. The molecule has 0 atom stereocenters. The van der Waals surface area contributed by atoms with Gasteiger partial charge in [0.15, 0.2) is 5.82 Å². The van der Waals surface area contributed by atoms with Gasteiger partial charge in [0, 0.05) is 6.07 Å². The largest absolute Gasteiger partial charge is 0.309 e. The van der Waals surface area contributed by atoms with Crippen molar-refractivity contribution in [2.75, 3.05) is 0 Å². The van der Waals surface area contributed by atoms with Crippen LogP contribution in [0, 0.1) is 33.1 Å². The van der Waals surface area contributed by atoms with E-state index in [1.807, 2.05) is 0 Å². The standard InChI is InChI=1S/C7H2F2N2O2/c8-5-1-4(3-10)2-6(7(5)9)11(12)13/h1-2H. The first kappa shape index (κ1) is 9.06. The van der Waals surface area contributed by atoms with Crippen molar-refractivity contribution in [3.8, 4) is 6.07 Å². The summed E-state index contributed by atoms with van der Waals surface area (Å²) >= 11 is 0. The van der Waals surface area contributed by atoms with Gasteiger partial charge in [-0.2, -0.15) is 9.65 Å². The van der Waals surface area contributed by atoms with Gasteiger partial charge in [0.05, 0.1) is 16.6 Å². The van der Waals surface area contributed by atoms with Crippen LogP contribution in [0.3, 0.4) is 0 Å². The summed E-state index contributed by atoms with van der Waals surface area (Å²) in [5.74, 6) is -2.95. The molecule has 0 unspecified atom stereocenters. The molecular formula is C7H2F2N2O2. The molecule has 1 aromatic carbocycles. The Kier molecular flexibility index (Phi) is 2.19. The van der Waals surface area contributed by atoms with E-state index in [0.29, 0.717) is 12.1 Å². The van der Waals surface area contributed by atoms with Gasteiger partial charge in [-0.25, -0.2) is 4.39 Å². The van der Waals surface area contributed by atoms with E-state index >= 15 is 0 Å². The maximum atomic E-state index is 12.6. The van der Waals surface area contributed by atoms with E-state index in [1.165, 1.54) is 6.07 Å². The molecule has 0 saturated carbocycles. The Bertz CT molecular complexity index is 412. The first-order valence-electron chi connectivity index (χ1n) is 3.10. The number of nitro benzene ring substituents is 1. The summed E-state index contributed by atoms with van der Waals surface area (Å²) in [6.45, 7) is 0. The van der Waals surface area contributed by atoms with Gasteiger partial charge in [-0.15, -0.1) is 0 Å². The second-order valence-corrected chi connectivity index (χ2v) is 2.16. The van der Waals surface area contributed by atoms with E-state index in [2.05, 4.69) is 0 Å². The first-order chi connectivity index (χ1) is 6.06. The lowest BCUT2D eigenvalue weighted by molar-refractivity contribution is -0.387. The van der Waals surface area contributed by atoms with Crippen molar-refractivity contribution in [3.05, 3.63) is 39.4 Å². The van der Waals surface area contributed by atoms with E-state index in [-0.39, 0.29) is 5.56 Å². The second-order valence-electron chi connectivity index (χ2n) is 2.16. The Labute approximate surface area is 71.2 Å². The van der Waals surface area contributed by atoms with Crippen LogP contribution < -0.4 is 0 Å². The summed E-state index contributed by atoms with van der Waals surface area (Å²) in [5.41, 5.74) is -1.32. The van der Waals surface area contributed by atoms with Crippen LogP contribution in [-0.2, 0) is 0 Å². The Morgan fingerprint density at radius 1 is 1.46 bits per heavy atom. The van der Waals surface area contributed by atoms with E-state index in [4.69, 9.17) is 5.26 Å². The minimum atomic E-state index is -1.55. The van der Waals surface area contributed by atoms with Crippen molar-refractivity contribution < 1.29 is 13.7 Å². The van der Waals surface area contributed by atoms with Gasteiger partial charge >= 0.3 is 5.69 Å². The molecule has 0 saturated heterocycles. The van der Waals surface area contributed by atoms with Gasteiger partial charge < -0.3 is 0 Å². The molecule has 66 valence electrons. The highest BCUT2D eigenvalue weighted by Crippen LogP contribution is 2.21. The molecule has 4 nitrogen and oxygen atoms in total. The molecule has 0 spiro atoms. The number of rotatable bonds is 1. The Hall–Kier alpha value is -2.03. The molecular weight excluding hydrogens is 182 g/mol. The van der Waals surface area contributed by atoms with Crippen molar-refractivity contribution in [1.82, 2.24) is 0 Å². The zero-order chi connectivity index (χ0) is 10.0. The van der Waals surface area contributed by atoms with Gasteiger partial charge in [0.1, 0.15) is 0 Å². The number of hydrogen-bond donors (Lipinski definition) is 0. The van der Waals surface area contributed by atoms with Gasteiger partial charge in [-0.1, -0.05) is 0 Å². The van der Waals surface area contributed by atoms with Crippen molar-refractivity contribution in [2.24, 2.45) is 0 Å². The van der Waals surface area contributed by atoms with E-state index in [0.717, 1.165) is 0 Å². The lowest BCUT2D eigenvalue weighted by Gasteiger charge is -1.95. The molecule has 1 aromatic rings. The van der Waals surface area contributed by atoms with Crippen LogP contribution in [0.5, 0.6) is 0 Å². The molecule has 13 heavy (non-hydrogen) atoms. The summed E-state index contributed by atoms with van der Waals surface area (Å²) in [6, 6.07) is 2.76. The summed E-state index contributed by atoms with van der Waals surface area (Å²) < 4.78 is 25.2. The maximum Gasteiger partial charge on any atom is 0.309 e. The molecule has 6 heteroatoms. The number of nitro groups is 1. The zero-order valence-electron chi connectivity index (χ0n) is 6.12. The summed E-state index contributed by atoms with van der Waals surface area (Å²) in [7, 11) is 0. The number of hydrogen-bond acceptors (Lipinski definition) is 3. The summed E-state index contributed by atoms with van der Waals surface area (Å²) in [6.07, 6.45) is 0. The van der Waals surface area contributed by atoms with Crippen LogP contribution in [0.25, 0.3) is 0 Å². The molecule has 1 rings (SSSR count). The number of halogens is 2. The fourth-order valence-electron chi connectivity index (χ4n) is 0.772. The topological polar surface area (TPSA) is 66.9 Å². The molecule has 0 N–H and O–H groups in total. The Balaban J connectivity index is 3.44. The van der Waals surface area contributed by atoms with Crippen molar-refractivity contribution in [3.63, 3.8) is 0 Å². The first-order valence-corrected chi connectivity index (χ1v) is 3.10. The second kappa shape index (κ2) is 3.15. The van der Waals surface area contributed by atoms with Gasteiger partial charge in [-0.05, 0) is 6.07 Å². The quantitative estimate of drug-likeness (QED) is 0.493. The van der Waals surface area contributed by atoms with Gasteiger partial charge in [0.25, 0.3) is 0 Å². The van der Waals surface area contributed by atoms with Gasteiger partial charge in [0.2, 0.25) is 5.82 Å². The normalized spacial score (nSPS) is 9.31. The third-order valence-corrected chi connectivity index (χ3v) is 1.33.